The Bertz CT molecular complexity index is 280. The Morgan fingerprint density at radius 1 is 0.750 bits per heavy atom. The SMILES string of the molecule is OP1(O)=NP(Cl)(Cl)=NP(Cl)(Cl)=N1. The van der Waals surface area contributed by atoms with Crippen molar-refractivity contribution in [3.8, 4) is 0 Å². The van der Waals surface area contributed by atoms with E-state index in [9.17, 15) is 0 Å². The van der Waals surface area contributed by atoms with E-state index < -0.39 is 19.5 Å². The van der Waals surface area contributed by atoms with Gasteiger partial charge in [-0.15, -0.1) is 0 Å². The van der Waals surface area contributed by atoms with Crippen molar-refractivity contribution < 1.29 is 9.79 Å². The van der Waals surface area contributed by atoms with E-state index in [4.69, 9.17) is 54.8 Å². The maximum atomic E-state index is 9.04. The van der Waals surface area contributed by atoms with Crippen LogP contribution in [0.15, 0.2) is 13.5 Å². The molecule has 2 N–H and O–H groups in total. The summed E-state index contributed by atoms with van der Waals surface area (Å²) in [4.78, 5) is 18.1. The molecule has 1 rings (SSSR count). The van der Waals surface area contributed by atoms with Crippen LogP contribution in [0.5, 0.6) is 0 Å². The van der Waals surface area contributed by atoms with Gasteiger partial charge < -0.3 is 9.79 Å². The quantitative estimate of drug-likeness (QED) is 0.632. The highest BCUT2D eigenvalue weighted by Gasteiger charge is 2.30. The van der Waals surface area contributed by atoms with Gasteiger partial charge in [-0.25, -0.2) is 0 Å². The van der Waals surface area contributed by atoms with Gasteiger partial charge in [-0.2, -0.15) is 13.5 Å². The van der Waals surface area contributed by atoms with Crippen LogP contribution in [-0.2, 0) is 0 Å². The van der Waals surface area contributed by atoms with E-state index in [2.05, 4.69) is 13.5 Å². The number of hydrogen-bond donors (Lipinski definition) is 2. The fourth-order valence-corrected chi connectivity index (χ4v) is 13.2. The second-order valence-corrected chi connectivity index (χ2v) is 13.5. The number of nitrogens with zero attached hydrogens (tertiary/aromatic N) is 3. The minimum atomic E-state index is -3.85. The van der Waals surface area contributed by atoms with Crippen molar-refractivity contribution >= 4 is 64.4 Å². The van der Waals surface area contributed by atoms with Gasteiger partial charge in [0.2, 0.25) is 0 Å². The van der Waals surface area contributed by atoms with Crippen LogP contribution in [0.25, 0.3) is 0 Å². The van der Waals surface area contributed by atoms with E-state index >= 15 is 0 Å². The van der Waals surface area contributed by atoms with Crippen LogP contribution >= 0.6 is 64.4 Å². The summed E-state index contributed by atoms with van der Waals surface area (Å²) in [6.45, 7) is 0. The van der Waals surface area contributed by atoms with Crippen LogP contribution in [-0.4, -0.2) is 9.79 Å². The lowest BCUT2D eigenvalue weighted by Crippen LogP contribution is -1.73. The van der Waals surface area contributed by atoms with Crippen LogP contribution in [0.2, 0.25) is 0 Å². The lowest BCUT2D eigenvalue weighted by Gasteiger charge is -2.16. The Hall–Kier alpha value is 1.77. The Labute approximate surface area is 87.6 Å². The molecule has 0 fully saturated rings. The van der Waals surface area contributed by atoms with Gasteiger partial charge >= 0.3 is 7.66 Å². The van der Waals surface area contributed by atoms with Crippen LogP contribution in [0, 0.1) is 0 Å². The molecule has 0 amide bonds. The van der Waals surface area contributed by atoms with Gasteiger partial charge in [-0.05, 0) is 45.0 Å². The van der Waals surface area contributed by atoms with E-state index in [0.29, 0.717) is 0 Å². The first-order valence-corrected chi connectivity index (χ1v) is 10.9. The second-order valence-electron chi connectivity index (χ2n) is 1.72. The molecule has 1 aliphatic rings. The zero-order chi connectivity index (χ0) is 9.62. The average Bonchev–Trinajstić information content (AvgIpc) is 1.44. The van der Waals surface area contributed by atoms with Crippen molar-refractivity contribution in [1.29, 1.82) is 0 Å². The lowest BCUT2D eigenvalue weighted by molar-refractivity contribution is 0.470. The number of halogens is 4. The normalized spacial score (nSPS) is 29.5. The standard InChI is InChI=1S/Cl4H2N3O2P3/c1-10(2)5-11(3,4)7-12(8,9)6-10/h8-9H. The molecule has 0 aromatic carbocycles. The predicted octanol–water partition coefficient (Wildman–Crippen LogP) is 4.78. The van der Waals surface area contributed by atoms with E-state index in [-0.39, 0.29) is 0 Å². The van der Waals surface area contributed by atoms with Gasteiger partial charge in [0.1, 0.15) is 0 Å². The van der Waals surface area contributed by atoms with E-state index in [1.165, 1.54) is 0 Å². The molecule has 0 unspecified atom stereocenters. The summed E-state index contributed by atoms with van der Waals surface area (Å²) in [5.74, 6) is -6.29. The van der Waals surface area contributed by atoms with Gasteiger partial charge in [0.25, 0.3) is 11.8 Å². The summed E-state index contributed by atoms with van der Waals surface area (Å²) >= 11 is 22.0. The molecule has 12 heteroatoms. The van der Waals surface area contributed by atoms with Crippen molar-refractivity contribution in [1.82, 2.24) is 0 Å². The highest BCUT2D eigenvalue weighted by atomic mass is 35.9. The first kappa shape index (κ1) is 11.8. The molecule has 5 nitrogen and oxygen atoms in total. The zero-order valence-electron chi connectivity index (χ0n) is 5.09. The summed E-state index contributed by atoms with van der Waals surface area (Å²) in [5.41, 5.74) is 0. The third kappa shape index (κ3) is 3.49. The number of rotatable bonds is 0. The maximum Gasteiger partial charge on any atom is 0.340 e. The average molecular weight is 311 g/mol. The Kier molecular flexibility index (Phi) is 3.37. The predicted molar refractivity (Wildman–Crippen MR) is 55.9 cm³/mol. The molecule has 0 aromatic rings. The first-order chi connectivity index (χ1) is 5.12. The molecular formula is H2Cl4N3O2P3. The fraction of sp³-hybridized carbons (Fsp3) is 0. The molecule has 0 saturated carbocycles. The van der Waals surface area contributed by atoms with Crippen LogP contribution in [0.3, 0.4) is 0 Å². The Morgan fingerprint density at radius 2 is 1.17 bits per heavy atom. The molecule has 0 spiro atoms. The summed E-state index contributed by atoms with van der Waals surface area (Å²) < 4.78 is 9.96. The van der Waals surface area contributed by atoms with Gasteiger partial charge in [0.05, 0.1) is 0 Å². The molecule has 0 saturated heterocycles. The summed E-state index contributed by atoms with van der Waals surface area (Å²) in [6.07, 6.45) is 0. The van der Waals surface area contributed by atoms with Gasteiger partial charge in [-0.1, -0.05) is 0 Å². The Balaban J connectivity index is 3.46. The molecule has 1 aliphatic heterocycles. The largest absolute Gasteiger partial charge is 0.340 e. The lowest BCUT2D eigenvalue weighted by atomic mass is 13.8. The third-order valence-electron chi connectivity index (χ3n) is 0.670. The molecule has 0 atom stereocenters. The molecule has 0 aromatic heterocycles. The molecule has 0 bridgehead atoms. The minimum absolute atomic E-state index is 3.14. The van der Waals surface area contributed by atoms with E-state index in [0.717, 1.165) is 0 Å². The van der Waals surface area contributed by atoms with Gasteiger partial charge in [0, 0.05) is 0 Å². The van der Waals surface area contributed by atoms with Gasteiger partial charge in [-0.3, -0.25) is 0 Å². The summed E-state index contributed by atoms with van der Waals surface area (Å²) in [5, 5.41) is 0. The van der Waals surface area contributed by atoms with E-state index in [1.807, 2.05) is 0 Å². The van der Waals surface area contributed by atoms with Crippen molar-refractivity contribution in [2.45, 2.75) is 0 Å². The molecule has 12 heavy (non-hydrogen) atoms. The van der Waals surface area contributed by atoms with Crippen molar-refractivity contribution in [3.05, 3.63) is 0 Å². The highest BCUT2D eigenvalue weighted by Crippen LogP contribution is 2.83. The molecule has 72 valence electrons. The minimum Gasteiger partial charge on any atom is -0.322 e. The van der Waals surface area contributed by atoms with Crippen LogP contribution in [0.1, 0.15) is 0 Å². The highest BCUT2D eigenvalue weighted by molar-refractivity contribution is 8.20. The molecule has 1 heterocycles. The van der Waals surface area contributed by atoms with E-state index in [1.54, 1.807) is 0 Å². The maximum absolute atomic E-state index is 9.04. The summed E-state index contributed by atoms with van der Waals surface area (Å²) in [6, 6.07) is 0. The smallest absolute Gasteiger partial charge is 0.322 e. The zero-order valence-corrected chi connectivity index (χ0v) is 10.8. The van der Waals surface area contributed by atoms with Crippen LogP contribution in [0.4, 0.5) is 0 Å². The topological polar surface area (TPSA) is 77.5 Å². The monoisotopic (exact) mass is 309 g/mol. The second kappa shape index (κ2) is 3.41. The summed E-state index contributed by atoms with van der Waals surface area (Å²) in [7, 11) is -3.85. The molecule has 0 radical (unpaired) electrons. The van der Waals surface area contributed by atoms with Crippen molar-refractivity contribution in [2.24, 2.45) is 13.5 Å². The Morgan fingerprint density at radius 3 is 1.50 bits per heavy atom. The number of hydrogen-bond acceptors (Lipinski definition) is 3. The third-order valence-corrected chi connectivity index (χ3v) is 10.9. The molecular weight excluding hydrogens is 309 g/mol. The fourth-order valence-electron chi connectivity index (χ4n) is 0.472. The van der Waals surface area contributed by atoms with Crippen molar-refractivity contribution in [3.63, 3.8) is 0 Å². The van der Waals surface area contributed by atoms with Crippen molar-refractivity contribution in [2.75, 3.05) is 0 Å². The molecule has 0 aliphatic carbocycles. The van der Waals surface area contributed by atoms with Crippen LogP contribution < -0.4 is 0 Å². The van der Waals surface area contributed by atoms with Gasteiger partial charge in [0.15, 0.2) is 0 Å². The first-order valence-electron chi connectivity index (χ1n) is 2.28.